The fraction of sp³-hybridized carbons (Fsp3) is 0.455. The summed E-state index contributed by atoms with van der Waals surface area (Å²) >= 11 is 1.66. The summed E-state index contributed by atoms with van der Waals surface area (Å²) in [6, 6.07) is 3.91. The number of hydrogen-bond acceptors (Lipinski definition) is 4. The fourth-order valence-electron chi connectivity index (χ4n) is 1.35. The molecule has 0 saturated carbocycles. The lowest BCUT2D eigenvalue weighted by atomic mass is 10.0. The van der Waals surface area contributed by atoms with Gasteiger partial charge in [-0.15, -0.1) is 0 Å². The van der Waals surface area contributed by atoms with Crippen LogP contribution in [0, 0.1) is 0 Å². The summed E-state index contributed by atoms with van der Waals surface area (Å²) in [6.45, 7) is 4.08. The molecule has 2 aromatic rings. The van der Waals surface area contributed by atoms with Gasteiger partial charge in [0.2, 0.25) is 0 Å². The maximum atomic E-state index is 5.94. The molecule has 0 aliphatic carbocycles. The summed E-state index contributed by atoms with van der Waals surface area (Å²) in [5.74, 6) is 0. The van der Waals surface area contributed by atoms with Gasteiger partial charge in [-0.05, 0) is 32.4 Å². The maximum Gasteiger partial charge on any atom is 0.143 e. The maximum absolute atomic E-state index is 5.94. The van der Waals surface area contributed by atoms with Gasteiger partial charge in [0.15, 0.2) is 0 Å². The van der Waals surface area contributed by atoms with Gasteiger partial charge in [0.25, 0.3) is 0 Å². The summed E-state index contributed by atoms with van der Waals surface area (Å²) in [6.07, 6.45) is 3.69. The third-order valence-corrected chi connectivity index (χ3v) is 3.23. The highest BCUT2D eigenvalue weighted by molar-refractivity contribution is 7.18. The van der Waals surface area contributed by atoms with Crippen LogP contribution in [0.4, 0.5) is 0 Å². The number of nitrogens with zero attached hydrogens (tertiary/aromatic N) is 2. The molecule has 0 radical (unpaired) electrons. The minimum absolute atomic E-state index is 0.120. The number of thiazole rings is 1. The molecule has 0 fully saturated rings. The van der Waals surface area contributed by atoms with Gasteiger partial charge in [-0.2, -0.15) is 0 Å². The van der Waals surface area contributed by atoms with E-state index in [1.165, 1.54) is 0 Å². The second kappa shape index (κ2) is 3.87. The molecule has 15 heavy (non-hydrogen) atoms. The second-order valence-electron chi connectivity index (χ2n) is 4.42. The Bertz CT molecular complexity index is 423. The number of hydrogen-bond donors (Lipinski definition) is 1. The van der Waals surface area contributed by atoms with Crippen molar-refractivity contribution in [3.05, 3.63) is 23.3 Å². The number of aryl methyl sites for hydroxylation is 1. The SMILES string of the molecule is CC(C)(N)CCc1nc2cccnc2s1. The van der Waals surface area contributed by atoms with Crippen LogP contribution in [-0.4, -0.2) is 15.5 Å². The normalized spacial score (nSPS) is 12.2. The van der Waals surface area contributed by atoms with Gasteiger partial charge in [0.1, 0.15) is 10.3 Å². The molecule has 2 aromatic heterocycles. The van der Waals surface area contributed by atoms with Crippen LogP contribution < -0.4 is 5.73 Å². The Kier molecular flexibility index (Phi) is 2.71. The molecular weight excluding hydrogens is 206 g/mol. The van der Waals surface area contributed by atoms with Gasteiger partial charge in [-0.25, -0.2) is 9.97 Å². The average Bonchev–Trinajstić information content (AvgIpc) is 2.56. The highest BCUT2D eigenvalue weighted by Crippen LogP contribution is 2.21. The van der Waals surface area contributed by atoms with Crippen molar-refractivity contribution in [2.75, 3.05) is 0 Å². The van der Waals surface area contributed by atoms with Crippen molar-refractivity contribution in [3.8, 4) is 0 Å². The Morgan fingerprint density at radius 3 is 2.93 bits per heavy atom. The lowest BCUT2D eigenvalue weighted by Crippen LogP contribution is -2.32. The van der Waals surface area contributed by atoms with E-state index in [1.807, 2.05) is 26.0 Å². The highest BCUT2D eigenvalue weighted by Gasteiger charge is 2.12. The lowest BCUT2D eigenvalue weighted by molar-refractivity contribution is 0.476. The molecule has 2 heterocycles. The van der Waals surface area contributed by atoms with Crippen molar-refractivity contribution < 1.29 is 0 Å². The van der Waals surface area contributed by atoms with Crippen molar-refractivity contribution in [3.63, 3.8) is 0 Å². The minimum atomic E-state index is -0.120. The zero-order valence-electron chi connectivity index (χ0n) is 9.03. The molecule has 0 bridgehead atoms. The molecule has 0 aliphatic rings. The van der Waals surface area contributed by atoms with Gasteiger partial charge in [0.05, 0.1) is 5.01 Å². The van der Waals surface area contributed by atoms with Crippen molar-refractivity contribution in [1.82, 2.24) is 9.97 Å². The fourth-order valence-corrected chi connectivity index (χ4v) is 2.25. The molecule has 2 rings (SSSR count). The van der Waals surface area contributed by atoms with Gasteiger partial charge in [-0.3, -0.25) is 0 Å². The van der Waals surface area contributed by atoms with Crippen LogP contribution in [0.1, 0.15) is 25.3 Å². The quantitative estimate of drug-likeness (QED) is 0.865. The highest BCUT2D eigenvalue weighted by atomic mass is 32.1. The van der Waals surface area contributed by atoms with Crippen LogP contribution in [0.2, 0.25) is 0 Å². The van der Waals surface area contributed by atoms with E-state index < -0.39 is 0 Å². The van der Waals surface area contributed by atoms with Gasteiger partial charge in [0, 0.05) is 18.2 Å². The summed E-state index contributed by atoms with van der Waals surface area (Å²) in [5, 5.41) is 1.13. The first-order valence-electron chi connectivity index (χ1n) is 5.04. The van der Waals surface area contributed by atoms with E-state index in [-0.39, 0.29) is 5.54 Å². The number of rotatable bonds is 3. The zero-order chi connectivity index (χ0) is 10.9. The van der Waals surface area contributed by atoms with Gasteiger partial charge >= 0.3 is 0 Å². The molecule has 4 heteroatoms. The van der Waals surface area contributed by atoms with E-state index in [9.17, 15) is 0 Å². The Hall–Kier alpha value is -1.00. The van der Waals surface area contributed by atoms with Crippen LogP contribution in [0.3, 0.4) is 0 Å². The van der Waals surface area contributed by atoms with E-state index in [0.29, 0.717) is 0 Å². The molecule has 80 valence electrons. The molecule has 0 amide bonds. The summed E-state index contributed by atoms with van der Waals surface area (Å²) in [4.78, 5) is 9.80. The Balaban J connectivity index is 2.16. The Labute approximate surface area is 93.4 Å². The molecule has 0 unspecified atom stereocenters. The smallest absolute Gasteiger partial charge is 0.143 e. The van der Waals surface area contributed by atoms with Crippen molar-refractivity contribution in [1.29, 1.82) is 0 Å². The molecule has 3 nitrogen and oxygen atoms in total. The van der Waals surface area contributed by atoms with Crippen molar-refractivity contribution >= 4 is 21.7 Å². The third-order valence-electron chi connectivity index (χ3n) is 2.19. The number of pyridine rings is 1. The molecule has 0 aromatic carbocycles. The van der Waals surface area contributed by atoms with Crippen LogP contribution in [0.25, 0.3) is 10.3 Å². The van der Waals surface area contributed by atoms with E-state index in [4.69, 9.17) is 5.73 Å². The molecule has 0 atom stereocenters. The predicted molar refractivity (Wildman–Crippen MR) is 64.0 cm³/mol. The number of aromatic nitrogens is 2. The summed E-state index contributed by atoms with van der Waals surface area (Å²) in [7, 11) is 0. The van der Waals surface area contributed by atoms with Crippen molar-refractivity contribution in [2.45, 2.75) is 32.2 Å². The topological polar surface area (TPSA) is 51.8 Å². The van der Waals surface area contributed by atoms with E-state index in [0.717, 1.165) is 28.2 Å². The minimum Gasteiger partial charge on any atom is -0.326 e. The Morgan fingerprint density at radius 2 is 2.27 bits per heavy atom. The van der Waals surface area contributed by atoms with E-state index in [1.54, 1.807) is 17.5 Å². The van der Waals surface area contributed by atoms with Gasteiger partial charge < -0.3 is 5.73 Å². The molecular formula is C11H15N3S. The van der Waals surface area contributed by atoms with E-state index >= 15 is 0 Å². The average molecular weight is 221 g/mol. The molecule has 0 aliphatic heterocycles. The van der Waals surface area contributed by atoms with Crippen LogP contribution in [-0.2, 0) is 6.42 Å². The van der Waals surface area contributed by atoms with Crippen LogP contribution in [0.5, 0.6) is 0 Å². The summed E-state index contributed by atoms with van der Waals surface area (Å²) < 4.78 is 0. The molecule has 0 spiro atoms. The van der Waals surface area contributed by atoms with Gasteiger partial charge in [-0.1, -0.05) is 11.3 Å². The predicted octanol–water partition coefficient (Wildman–Crippen LogP) is 2.36. The first-order chi connectivity index (χ1) is 7.04. The number of nitrogens with two attached hydrogens (primary N) is 1. The van der Waals surface area contributed by atoms with Crippen LogP contribution >= 0.6 is 11.3 Å². The Morgan fingerprint density at radius 1 is 1.47 bits per heavy atom. The molecule has 0 saturated heterocycles. The van der Waals surface area contributed by atoms with E-state index in [2.05, 4.69) is 9.97 Å². The second-order valence-corrected chi connectivity index (χ2v) is 5.49. The third kappa shape index (κ3) is 2.73. The first kappa shape index (κ1) is 10.5. The zero-order valence-corrected chi connectivity index (χ0v) is 9.84. The first-order valence-corrected chi connectivity index (χ1v) is 5.85. The standard InChI is InChI=1S/C11H15N3S/c1-11(2,12)6-5-9-14-8-4-3-7-13-10(8)15-9/h3-4,7H,5-6,12H2,1-2H3. The number of fused-ring (bicyclic) bond motifs is 1. The largest absolute Gasteiger partial charge is 0.326 e. The molecule has 2 N–H and O–H groups in total. The van der Waals surface area contributed by atoms with Crippen molar-refractivity contribution in [2.24, 2.45) is 5.73 Å². The van der Waals surface area contributed by atoms with Crippen LogP contribution in [0.15, 0.2) is 18.3 Å². The lowest BCUT2D eigenvalue weighted by Gasteiger charge is -2.16. The monoisotopic (exact) mass is 221 g/mol. The summed E-state index contributed by atoms with van der Waals surface area (Å²) in [5.41, 5.74) is 6.81.